The Labute approximate surface area is 147 Å². The summed E-state index contributed by atoms with van der Waals surface area (Å²) in [5.41, 5.74) is 1.68. The number of amides is 1. The van der Waals surface area contributed by atoms with Gasteiger partial charge in [-0.1, -0.05) is 0 Å². The summed E-state index contributed by atoms with van der Waals surface area (Å²) in [6, 6.07) is 3.75. The maximum Gasteiger partial charge on any atom is 0.253 e. The zero-order valence-electron chi connectivity index (χ0n) is 14.7. The van der Waals surface area contributed by atoms with Crippen LogP contribution in [0.1, 0.15) is 35.8 Å². The van der Waals surface area contributed by atoms with Crippen molar-refractivity contribution in [2.24, 2.45) is 5.92 Å². The molecule has 0 bridgehead atoms. The molecule has 2 atom stereocenters. The van der Waals surface area contributed by atoms with E-state index in [4.69, 9.17) is 0 Å². The van der Waals surface area contributed by atoms with Gasteiger partial charge in [0.25, 0.3) is 5.91 Å². The van der Waals surface area contributed by atoms with Gasteiger partial charge in [-0.25, -0.2) is 0 Å². The molecule has 1 aliphatic rings. The minimum absolute atomic E-state index is 0.0285. The molecule has 0 spiro atoms. The minimum Gasteiger partial charge on any atom is -0.396 e. The third-order valence-corrected chi connectivity index (χ3v) is 4.58. The zero-order chi connectivity index (χ0) is 17.8. The molecule has 1 aliphatic heterocycles. The Bertz CT molecular complexity index is 701. The van der Waals surface area contributed by atoms with Gasteiger partial charge < -0.3 is 10.4 Å². The Kier molecular flexibility index (Phi) is 5.45. The van der Waals surface area contributed by atoms with Crippen LogP contribution < -0.4 is 5.32 Å². The molecule has 1 saturated heterocycles. The van der Waals surface area contributed by atoms with Crippen LogP contribution in [0.4, 0.5) is 0 Å². The van der Waals surface area contributed by atoms with E-state index in [1.165, 1.54) is 0 Å². The van der Waals surface area contributed by atoms with Crippen LogP contribution in [0.15, 0.2) is 36.9 Å². The number of aliphatic hydroxyl groups excluding tert-OH is 1. The van der Waals surface area contributed by atoms with Gasteiger partial charge in [-0.15, -0.1) is 0 Å². The smallest absolute Gasteiger partial charge is 0.253 e. The number of hydrogen-bond acceptors (Lipinski definition) is 5. The first-order valence-corrected chi connectivity index (χ1v) is 8.64. The summed E-state index contributed by atoms with van der Waals surface area (Å²) in [6.45, 7) is 6.48. The molecule has 0 aliphatic carbocycles. The average Bonchev–Trinajstić information content (AvgIpc) is 3.23. The molecule has 0 saturated carbocycles. The molecule has 1 fully saturated rings. The quantitative estimate of drug-likeness (QED) is 0.820. The molecule has 7 heteroatoms. The van der Waals surface area contributed by atoms with Crippen molar-refractivity contribution in [1.82, 2.24) is 25.0 Å². The van der Waals surface area contributed by atoms with E-state index >= 15 is 0 Å². The van der Waals surface area contributed by atoms with Crippen LogP contribution in [-0.4, -0.2) is 56.4 Å². The number of hydrogen-bond donors (Lipinski definition) is 2. The Balaban J connectivity index is 1.61. The fraction of sp³-hybridized carbons (Fsp3) is 0.500. The Morgan fingerprint density at radius 2 is 2.24 bits per heavy atom. The minimum atomic E-state index is -0.147. The standard InChI is InChI=1S/C18H25N5O2/c1-13(2)23-9-14(6-20-23)8-22-10-16(12-24)17(11-22)21-18(25)15-4-3-5-19-7-15/h3-7,9,13,16-17,24H,8,10-12H2,1-2H3,(H,21,25)/t16-,17+/m0/s1. The van der Waals surface area contributed by atoms with E-state index in [0.717, 1.165) is 18.7 Å². The van der Waals surface area contributed by atoms with Gasteiger partial charge in [0.15, 0.2) is 0 Å². The fourth-order valence-electron chi connectivity index (χ4n) is 3.19. The Hall–Kier alpha value is -2.25. The lowest BCUT2D eigenvalue weighted by Gasteiger charge is -2.18. The zero-order valence-corrected chi connectivity index (χ0v) is 14.7. The number of pyridine rings is 1. The van der Waals surface area contributed by atoms with Gasteiger partial charge in [-0.3, -0.25) is 19.4 Å². The summed E-state index contributed by atoms with van der Waals surface area (Å²) in [5, 5.41) is 17.1. The summed E-state index contributed by atoms with van der Waals surface area (Å²) in [7, 11) is 0. The first-order valence-electron chi connectivity index (χ1n) is 8.64. The van der Waals surface area contributed by atoms with Gasteiger partial charge in [0.2, 0.25) is 0 Å². The molecule has 3 heterocycles. The second kappa shape index (κ2) is 7.76. The van der Waals surface area contributed by atoms with Crippen LogP contribution >= 0.6 is 0 Å². The second-order valence-electron chi connectivity index (χ2n) is 6.88. The van der Waals surface area contributed by atoms with Crippen LogP contribution in [0.25, 0.3) is 0 Å². The lowest BCUT2D eigenvalue weighted by atomic mass is 10.0. The topological polar surface area (TPSA) is 83.3 Å². The van der Waals surface area contributed by atoms with Gasteiger partial charge in [0, 0.05) is 68.4 Å². The number of aromatic nitrogens is 3. The molecule has 25 heavy (non-hydrogen) atoms. The number of aliphatic hydroxyl groups is 1. The van der Waals surface area contributed by atoms with Crippen LogP contribution in [0.2, 0.25) is 0 Å². The predicted molar refractivity (Wildman–Crippen MR) is 94.0 cm³/mol. The van der Waals surface area contributed by atoms with Gasteiger partial charge >= 0.3 is 0 Å². The van der Waals surface area contributed by atoms with Gasteiger partial charge in [0.1, 0.15) is 0 Å². The summed E-state index contributed by atoms with van der Waals surface area (Å²) < 4.78 is 1.94. The maximum absolute atomic E-state index is 12.3. The average molecular weight is 343 g/mol. The van der Waals surface area contributed by atoms with E-state index in [1.807, 2.05) is 10.9 Å². The highest BCUT2D eigenvalue weighted by atomic mass is 16.3. The number of rotatable bonds is 6. The second-order valence-corrected chi connectivity index (χ2v) is 6.88. The maximum atomic E-state index is 12.3. The predicted octanol–water partition coefficient (Wildman–Crippen LogP) is 1.08. The molecule has 1 amide bonds. The summed E-state index contributed by atoms with van der Waals surface area (Å²) in [5.74, 6) is -0.119. The van der Waals surface area contributed by atoms with Gasteiger partial charge in [-0.05, 0) is 26.0 Å². The van der Waals surface area contributed by atoms with Crippen molar-refractivity contribution < 1.29 is 9.90 Å². The lowest BCUT2D eigenvalue weighted by molar-refractivity contribution is 0.0920. The first kappa shape index (κ1) is 17.6. The van der Waals surface area contributed by atoms with Crippen LogP contribution in [0, 0.1) is 5.92 Å². The largest absolute Gasteiger partial charge is 0.396 e. The molecular weight excluding hydrogens is 318 g/mol. The van der Waals surface area contributed by atoms with Crippen LogP contribution in [0.5, 0.6) is 0 Å². The number of carbonyl (C=O) groups excluding carboxylic acids is 1. The lowest BCUT2D eigenvalue weighted by Crippen LogP contribution is -2.41. The molecule has 0 radical (unpaired) electrons. The number of likely N-dealkylation sites (tertiary alicyclic amines) is 1. The first-order chi connectivity index (χ1) is 12.1. The van der Waals surface area contributed by atoms with Crippen molar-refractivity contribution in [3.8, 4) is 0 Å². The molecule has 2 aromatic rings. The third kappa shape index (κ3) is 4.24. The van der Waals surface area contributed by atoms with Gasteiger partial charge in [-0.2, -0.15) is 5.10 Å². The van der Waals surface area contributed by atoms with Crippen molar-refractivity contribution >= 4 is 5.91 Å². The van der Waals surface area contributed by atoms with E-state index in [0.29, 0.717) is 18.2 Å². The normalized spacial score (nSPS) is 21.0. The Morgan fingerprint density at radius 3 is 2.88 bits per heavy atom. The highest BCUT2D eigenvalue weighted by Crippen LogP contribution is 2.20. The summed E-state index contributed by atoms with van der Waals surface area (Å²) >= 11 is 0. The summed E-state index contributed by atoms with van der Waals surface area (Å²) in [6.07, 6.45) is 7.13. The molecule has 3 rings (SSSR count). The van der Waals surface area contributed by atoms with Crippen molar-refractivity contribution in [2.75, 3.05) is 19.7 Å². The number of nitrogens with zero attached hydrogens (tertiary/aromatic N) is 4. The Morgan fingerprint density at radius 1 is 1.40 bits per heavy atom. The van der Waals surface area contributed by atoms with Crippen molar-refractivity contribution in [3.05, 3.63) is 48.0 Å². The highest BCUT2D eigenvalue weighted by molar-refractivity contribution is 5.94. The molecule has 0 aromatic carbocycles. The van der Waals surface area contributed by atoms with E-state index in [2.05, 4.69) is 40.3 Å². The van der Waals surface area contributed by atoms with E-state index in [1.54, 1.807) is 24.5 Å². The van der Waals surface area contributed by atoms with Crippen molar-refractivity contribution in [2.45, 2.75) is 32.5 Å². The number of carbonyl (C=O) groups is 1. The van der Waals surface area contributed by atoms with E-state index < -0.39 is 0 Å². The third-order valence-electron chi connectivity index (χ3n) is 4.58. The molecule has 7 nitrogen and oxygen atoms in total. The molecule has 2 aromatic heterocycles. The van der Waals surface area contributed by atoms with Crippen LogP contribution in [-0.2, 0) is 6.54 Å². The monoisotopic (exact) mass is 343 g/mol. The summed E-state index contributed by atoms with van der Waals surface area (Å²) in [4.78, 5) is 18.6. The molecule has 2 N–H and O–H groups in total. The fourth-order valence-corrected chi connectivity index (χ4v) is 3.19. The molecule has 0 unspecified atom stereocenters. The van der Waals surface area contributed by atoms with E-state index in [-0.39, 0.29) is 24.5 Å². The van der Waals surface area contributed by atoms with Crippen molar-refractivity contribution in [3.63, 3.8) is 0 Å². The molecule has 134 valence electrons. The van der Waals surface area contributed by atoms with Crippen molar-refractivity contribution in [1.29, 1.82) is 0 Å². The van der Waals surface area contributed by atoms with Crippen LogP contribution in [0.3, 0.4) is 0 Å². The van der Waals surface area contributed by atoms with Gasteiger partial charge in [0.05, 0.1) is 11.8 Å². The number of nitrogens with one attached hydrogen (secondary N) is 1. The van der Waals surface area contributed by atoms with E-state index in [9.17, 15) is 9.90 Å². The SMILES string of the molecule is CC(C)n1cc(CN2C[C@@H](CO)[C@H](NC(=O)c3cccnc3)C2)cn1. The highest BCUT2D eigenvalue weighted by Gasteiger charge is 2.33. The molecular formula is C18H25N5O2.